The van der Waals surface area contributed by atoms with Crippen LogP contribution in [-0.2, 0) is 17.6 Å². The molecule has 0 spiro atoms. The molecule has 0 saturated heterocycles. The highest BCUT2D eigenvalue weighted by Crippen LogP contribution is 2.27. The summed E-state index contributed by atoms with van der Waals surface area (Å²) >= 11 is 0. The van der Waals surface area contributed by atoms with Crippen molar-refractivity contribution in [2.75, 3.05) is 13.6 Å². The highest BCUT2D eigenvalue weighted by Gasteiger charge is 2.11. The van der Waals surface area contributed by atoms with E-state index in [4.69, 9.17) is 4.42 Å². The lowest BCUT2D eigenvalue weighted by atomic mass is 10.1. The number of rotatable bonds is 6. The number of aromatic nitrogens is 1. The van der Waals surface area contributed by atoms with Gasteiger partial charge in [0.2, 0.25) is 5.91 Å². The summed E-state index contributed by atoms with van der Waals surface area (Å²) in [6.45, 7) is 2.68. The van der Waals surface area contributed by atoms with Gasteiger partial charge in [0.15, 0.2) is 0 Å². The van der Waals surface area contributed by atoms with Gasteiger partial charge >= 0.3 is 0 Å². The van der Waals surface area contributed by atoms with E-state index in [1.165, 1.54) is 0 Å². The molecule has 4 nitrogen and oxygen atoms in total. The van der Waals surface area contributed by atoms with E-state index in [2.05, 4.69) is 11.9 Å². The zero-order chi connectivity index (χ0) is 17.6. The Labute approximate surface area is 147 Å². The second-order valence-corrected chi connectivity index (χ2v) is 5.95. The minimum absolute atomic E-state index is 0.0248. The first-order chi connectivity index (χ1) is 12.2. The number of hydrogen-bond donors (Lipinski definition) is 0. The standard InChI is InChI=1S/C21H22N2O2/c1-3-19-18(17-9-4-5-10-20(17)25-19)11-12-21(24)23(2)15-13-16-8-6-7-14-22-16/h4-12,14H,3,13,15H2,1-2H3/b12-11+. The van der Waals surface area contributed by atoms with Crippen LogP contribution in [0.2, 0.25) is 0 Å². The average Bonchev–Trinajstić information content (AvgIpc) is 3.02. The van der Waals surface area contributed by atoms with Crippen LogP contribution in [0, 0.1) is 0 Å². The van der Waals surface area contributed by atoms with Crippen molar-refractivity contribution < 1.29 is 9.21 Å². The van der Waals surface area contributed by atoms with Crippen LogP contribution in [-0.4, -0.2) is 29.4 Å². The predicted molar refractivity (Wildman–Crippen MR) is 100 cm³/mol. The quantitative estimate of drug-likeness (QED) is 0.638. The van der Waals surface area contributed by atoms with Gasteiger partial charge in [0.1, 0.15) is 11.3 Å². The van der Waals surface area contributed by atoms with Crippen LogP contribution in [0.25, 0.3) is 17.0 Å². The van der Waals surface area contributed by atoms with Gasteiger partial charge in [-0.05, 0) is 24.3 Å². The number of furan rings is 1. The number of carbonyl (C=O) groups is 1. The van der Waals surface area contributed by atoms with Gasteiger partial charge in [-0.25, -0.2) is 0 Å². The SMILES string of the molecule is CCc1oc2ccccc2c1/C=C/C(=O)N(C)CCc1ccccn1. The number of likely N-dealkylation sites (N-methyl/N-ethyl adjacent to an activating group) is 1. The highest BCUT2D eigenvalue weighted by atomic mass is 16.3. The van der Waals surface area contributed by atoms with E-state index in [1.807, 2.05) is 55.6 Å². The molecule has 3 aromatic rings. The number of amides is 1. The zero-order valence-electron chi connectivity index (χ0n) is 14.6. The van der Waals surface area contributed by atoms with Crippen molar-refractivity contribution in [1.29, 1.82) is 0 Å². The fourth-order valence-corrected chi connectivity index (χ4v) is 2.78. The van der Waals surface area contributed by atoms with Crippen molar-refractivity contribution in [3.63, 3.8) is 0 Å². The Bertz CT molecular complexity index is 881. The fourth-order valence-electron chi connectivity index (χ4n) is 2.78. The molecule has 0 N–H and O–H groups in total. The maximum atomic E-state index is 12.4. The first-order valence-electron chi connectivity index (χ1n) is 8.52. The first-order valence-corrected chi connectivity index (χ1v) is 8.52. The normalized spacial score (nSPS) is 11.3. The zero-order valence-corrected chi connectivity index (χ0v) is 14.6. The lowest BCUT2D eigenvalue weighted by Gasteiger charge is -2.14. The number of pyridine rings is 1. The Morgan fingerprint density at radius 2 is 2.00 bits per heavy atom. The summed E-state index contributed by atoms with van der Waals surface area (Å²) in [7, 11) is 1.81. The molecular formula is C21H22N2O2. The maximum Gasteiger partial charge on any atom is 0.246 e. The van der Waals surface area contributed by atoms with Gasteiger partial charge < -0.3 is 9.32 Å². The number of nitrogens with zero attached hydrogens (tertiary/aromatic N) is 2. The topological polar surface area (TPSA) is 46.3 Å². The largest absolute Gasteiger partial charge is 0.460 e. The van der Waals surface area contributed by atoms with Gasteiger partial charge in [0.25, 0.3) is 0 Å². The smallest absolute Gasteiger partial charge is 0.246 e. The highest BCUT2D eigenvalue weighted by molar-refractivity contribution is 5.96. The van der Waals surface area contributed by atoms with Crippen molar-refractivity contribution in [3.8, 4) is 0 Å². The van der Waals surface area contributed by atoms with E-state index in [0.29, 0.717) is 6.54 Å². The van der Waals surface area contributed by atoms with Crippen molar-refractivity contribution in [3.05, 3.63) is 71.8 Å². The summed E-state index contributed by atoms with van der Waals surface area (Å²) < 4.78 is 5.86. The van der Waals surface area contributed by atoms with Crippen molar-refractivity contribution in [2.24, 2.45) is 0 Å². The number of aryl methyl sites for hydroxylation is 1. The molecule has 3 rings (SSSR count). The Morgan fingerprint density at radius 3 is 2.76 bits per heavy atom. The Kier molecular flexibility index (Phi) is 5.29. The van der Waals surface area contributed by atoms with Crippen molar-refractivity contribution in [2.45, 2.75) is 19.8 Å². The summed E-state index contributed by atoms with van der Waals surface area (Å²) in [4.78, 5) is 18.4. The van der Waals surface area contributed by atoms with Gasteiger partial charge in [-0.1, -0.05) is 31.2 Å². The van der Waals surface area contributed by atoms with Gasteiger partial charge in [-0.2, -0.15) is 0 Å². The fraction of sp³-hybridized carbons (Fsp3) is 0.238. The molecule has 0 saturated carbocycles. The molecule has 1 aromatic carbocycles. The molecule has 0 aliphatic rings. The Morgan fingerprint density at radius 1 is 1.20 bits per heavy atom. The van der Waals surface area contributed by atoms with Crippen LogP contribution in [0.1, 0.15) is 23.9 Å². The van der Waals surface area contributed by atoms with Gasteiger partial charge in [-0.3, -0.25) is 9.78 Å². The van der Waals surface area contributed by atoms with Crippen LogP contribution >= 0.6 is 0 Å². The lowest BCUT2D eigenvalue weighted by Crippen LogP contribution is -2.27. The van der Waals surface area contributed by atoms with Crippen LogP contribution in [0.5, 0.6) is 0 Å². The molecule has 0 radical (unpaired) electrons. The van der Waals surface area contributed by atoms with Crippen LogP contribution in [0.3, 0.4) is 0 Å². The summed E-state index contributed by atoms with van der Waals surface area (Å²) in [5.41, 5.74) is 2.83. The molecular weight excluding hydrogens is 312 g/mol. The van der Waals surface area contributed by atoms with Crippen LogP contribution < -0.4 is 0 Å². The molecule has 128 valence electrons. The number of benzene rings is 1. The second-order valence-electron chi connectivity index (χ2n) is 5.95. The second kappa shape index (κ2) is 7.79. The molecule has 0 fully saturated rings. The van der Waals surface area contributed by atoms with E-state index in [1.54, 1.807) is 17.2 Å². The Balaban J connectivity index is 1.70. The maximum absolute atomic E-state index is 12.4. The molecule has 0 unspecified atom stereocenters. The molecule has 25 heavy (non-hydrogen) atoms. The van der Waals surface area contributed by atoms with Crippen LogP contribution in [0.4, 0.5) is 0 Å². The summed E-state index contributed by atoms with van der Waals surface area (Å²) in [5, 5.41) is 1.04. The van der Waals surface area contributed by atoms with Crippen molar-refractivity contribution in [1.82, 2.24) is 9.88 Å². The van der Waals surface area contributed by atoms with Gasteiger partial charge in [0, 0.05) is 55.4 Å². The molecule has 4 heteroatoms. The molecule has 2 aromatic heterocycles. The minimum atomic E-state index is -0.0248. The van der Waals surface area contributed by atoms with Crippen molar-refractivity contribution >= 4 is 23.0 Å². The number of carbonyl (C=O) groups excluding carboxylic acids is 1. The third kappa shape index (κ3) is 3.97. The summed E-state index contributed by atoms with van der Waals surface area (Å²) in [6.07, 6.45) is 6.79. The predicted octanol–water partition coefficient (Wildman–Crippen LogP) is 4.10. The third-order valence-electron chi connectivity index (χ3n) is 4.23. The van der Waals surface area contributed by atoms with Gasteiger partial charge in [-0.15, -0.1) is 0 Å². The molecule has 2 heterocycles. The number of fused-ring (bicyclic) bond motifs is 1. The van der Waals surface area contributed by atoms with E-state index in [-0.39, 0.29) is 5.91 Å². The van der Waals surface area contributed by atoms with Gasteiger partial charge in [0.05, 0.1) is 0 Å². The van der Waals surface area contributed by atoms with Crippen LogP contribution in [0.15, 0.2) is 59.2 Å². The van der Waals surface area contributed by atoms with E-state index < -0.39 is 0 Å². The monoisotopic (exact) mass is 334 g/mol. The molecule has 0 atom stereocenters. The number of para-hydroxylation sites is 1. The third-order valence-corrected chi connectivity index (χ3v) is 4.23. The average molecular weight is 334 g/mol. The summed E-state index contributed by atoms with van der Waals surface area (Å²) in [5.74, 6) is 0.879. The molecule has 0 aliphatic carbocycles. The van der Waals surface area contributed by atoms with E-state index >= 15 is 0 Å². The van der Waals surface area contributed by atoms with E-state index in [9.17, 15) is 4.79 Å². The Hall–Kier alpha value is -2.88. The molecule has 0 aliphatic heterocycles. The van der Waals surface area contributed by atoms with E-state index in [0.717, 1.165) is 40.8 Å². The summed E-state index contributed by atoms with van der Waals surface area (Å²) in [6, 6.07) is 13.7. The first kappa shape index (κ1) is 17.0. The number of hydrogen-bond acceptors (Lipinski definition) is 3. The molecule has 0 bridgehead atoms. The minimum Gasteiger partial charge on any atom is -0.460 e. The molecule has 1 amide bonds. The lowest BCUT2D eigenvalue weighted by molar-refractivity contribution is -0.124.